The summed E-state index contributed by atoms with van der Waals surface area (Å²) in [6.45, 7) is 1.83. The van der Waals surface area contributed by atoms with Crippen LogP contribution in [-0.2, 0) is 10.0 Å². The van der Waals surface area contributed by atoms with Gasteiger partial charge in [-0.2, -0.15) is 0 Å². The molecule has 0 saturated heterocycles. The first kappa shape index (κ1) is 20.3. The molecule has 0 N–H and O–H groups in total. The number of hydrogen-bond donors (Lipinski definition) is 0. The smallest absolute Gasteiger partial charge is 0.279 e. The first-order valence-electron chi connectivity index (χ1n) is 8.62. The monoisotopic (exact) mass is 413 g/mol. The molecule has 1 aromatic heterocycles. The second-order valence-electron chi connectivity index (χ2n) is 6.73. The zero-order valence-electron chi connectivity index (χ0n) is 16.1. The molecule has 2 aromatic carbocycles. The van der Waals surface area contributed by atoms with Crippen LogP contribution in [0.5, 0.6) is 0 Å². The molecule has 9 heteroatoms. The third-order valence-corrected chi connectivity index (χ3v) is 6.03. The molecule has 150 valence electrons. The van der Waals surface area contributed by atoms with Gasteiger partial charge in [0.25, 0.3) is 15.7 Å². The Kier molecular flexibility index (Phi) is 5.25. The molecule has 3 aromatic rings. The quantitative estimate of drug-likeness (QED) is 0.266. The number of nitro groups is 1. The summed E-state index contributed by atoms with van der Waals surface area (Å²) in [6.07, 6.45) is 3.89. The van der Waals surface area contributed by atoms with Gasteiger partial charge in [0.2, 0.25) is 0 Å². The lowest BCUT2D eigenvalue weighted by Crippen LogP contribution is -2.12. The molecule has 0 amide bonds. The van der Waals surface area contributed by atoms with E-state index in [-0.39, 0.29) is 27.0 Å². The number of rotatable bonds is 6. The molecule has 0 aliphatic carbocycles. The van der Waals surface area contributed by atoms with Crippen molar-refractivity contribution in [3.63, 3.8) is 0 Å². The van der Waals surface area contributed by atoms with Crippen molar-refractivity contribution in [1.29, 1.82) is 0 Å². The maximum Gasteiger partial charge on any atom is 0.279 e. The lowest BCUT2D eigenvalue weighted by Gasteiger charge is -2.07. The molecule has 0 saturated carbocycles. The lowest BCUT2D eigenvalue weighted by molar-refractivity contribution is -0.383. The van der Waals surface area contributed by atoms with Crippen molar-refractivity contribution in [3.05, 3.63) is 82.2 Å². The Bertz CT molecular complexity index is 1240. The van der Waals surface area contributed by atoms with Gasteiger partial charge in [0.15, 0.2) is 5.78 Å². The first-order valence-corrected chi connectivity index (χ1v) is 10.1. The number of ketones is 1. The highest BCUT2D eigenvalue weighted by Gasteiger charge is 2.27. The minimum Gasteiger partial charge on any atom is -0.383 e. The molecule has 8 nitrogen and oxygen atoms in total. The van der Waals surface area contributed by atoms with E-state index in [9.17, 15) is 23.3 Å². The number of aromatic nitrogens is 1. The van der Waals surface area contributed by atoms with Gasteiger partial charge in [-0.3, -0.25) is 14.9 Å². The number of nitro benzene ring substituents is 1. The van der Waals surface area contributed by atoms with Crippen molar-refractivity contribution in [1.82, 2.24) is 8.87 Å². The number of aryl methyl sites for hydroxylation is 1. The Morgan fingerprint density at radius 1 is 1.14 bits per heavy atom. The molecule has 1 heterocycles. The molecule has 0 aliphatic rings. The minimum absolute atomic E-state index is 0.0124. The number of carbonyl (C=O) groups excluding carboxylic acids is 1. The Hall–Kier alpha value is -3.46. The summed E-state index contributed by atoms with van der Waals surface area (Å²) in [5, 5.41) is 11.5. The Morgan fingerprint density at radius 2 is 1.79 bits per heavy atom. The predicted octanol–water partition coefficient (Wildman–Crippen LogP) is 3.35. The molecule has 3 rings (SSSR count). The Balaban J connectivity index is 2.32. The molecule has 0 unspecified atom stereocenters. The molecule has 0 bridgehead atoms. The average Bonchev–Trinajstić information content (AvgIpc) is 3.07. The van der Waals surface area contributed by atoms with Gasteiger partial charge in [0.1, 0.15) is 0 Å². The van der Waals surface area contributed by atoms with Gasteiger partial charge in [-0.15, -0.1) is 0 Å². The van der Waals surface area contributed by atoms with E-state index >= 15 is 0 Å². The fourth-order valence-corrected chi connectivity index (χ4v) is 4.27. The van der Waals surface area contributed by atoms with Crippen molar-refractivity contribution >= 4 is 32.4 Å². The molecule has 0 spiro atoms. The summed E-state index contributed by atoms with van der Waals surface area (Å²) in [7, 11) is -0.622. The van der Waals surface area contributed by atoms with Crippen LogP contribution >= 0.6 is 0 Å². The number of nitrogens with zero attached hydrogens (tertiary/aromatic N) is 3. The normalized spacial score (nSPS) is 11.8. The average molecular weight is 413 g/mol. The van der Waals surface area contributed by atoms with Crippen LogP contribution in [0.2, 0.25) is 0 Å². The minimum atomic E-state index is -4.06. The van der Waals surface area contributed by atoms with Gasteiger partial charge >= 0.3 is 0 Å². The molecule has 0 atom stereocenters. The number of hydrogen-bond acceptors (Lipinski definition) is 6. The Morgan fingerprint density at radius 3 is 2.38 bits per heavy atom. The van der Waals surface area contributed by atoms with Crippen molar-refractivity contribution in [2.45, 2.75) is 11.8 Å². The lowest BCUT2D eigenvalue weighted by atomic mass is 10.1. The molecule has 0 aliphatic heterocycles. The largest absolute Gasteiger partial charge is 0.383 e. The summed E-state index contributed by atoms with van der Waals surface area (Å²) >= 11 is 0. The maximum absolute atomic E-state index is 13.2. The predicted molar refractivity (Wildman–Crippen MR) is 110 cm³/mol. The van der Waals surface area contributed by atoms with E-state index in [0.29, 0.717) is 0 Å². The topological polar surface area (TPSA) is 103 Å². The summed E-state index contributed by atoms with van der Waals surface area (Å²) in [6, 6.07) is 10.3. The number of benzene rings is 2. The second kappa shape index (κ2) is 7.51. The summed E-state index contributed by atoms with van der Waals surface area (Å²) in [5.41, 5.74) is 0.575. The summed E-state index contributed by atoms with van der Waals surface area (Å²) in [4.78, 5) is 25.3. The van der Waals surface area contributed by atoms with Crippen LogP contribution in [0.3, 0.4) is 0 Å². The fourth-order valence-electron chi connectivity index (χ4n) is 2.91. The zero-order valence-corrected chi connectivity index (χ0v) is 16.9. The standard InChI is InChI=1S/C20H19N3O5S/c1-14-7-9-15(10-8-14)29(27,28)22-13-16(19(24)11-12-21(2)3)20-17(22)5-4-6-18(20)23(25)26/h4-13H,1-3H3/b12-11+. The molecule has 0 radical (unpaired) electrons. The third kappa shape index (κ3) is 3.77. The SMILES string of the molecule is Cc1ccc(S(=O)(=O)n2cc(C(=O)/C=C/N(C)C)c3c([N+](=O)[O-])cccc32)cc1. The number of non-ortho nitro benzene ring substituents is 1. The van der Waals surface area contributed by atoms with Crippen molar-refractivity contribution < 1.29 is 18.1 Å². The summed E-state index contributed by atoms with van der Waals surface area (Å²) in [5.74, 6) is -0.532. The maximum atomic E-state index is 13.2. The van der Waals surface area contributed by atoms with Crippen LogP contribution in [-0.4, -0.2) is 42.1 Å². The van der Waals surface area contributed by atoms with Crippen LogP contribution in [0.4, 0.5) is 5.69 Å². The van der Waals surface area contributed by atoms with E-state index in [2.05, 4.69) is 0 Å². The Labute approximate surface area is 167 Å². The molecular weight excluding hydrogens is 394 g/mol. The van der Waals surface area contributed by atoms with E-state index in [1.807, 2.05) is 6.92 Å². The highest BCUT2D eigenvalue weighted by atomic mass is 32.2. The van der Waals surface area contributed by atoms with Crippen LogP contribution in [0.1, 0.15) is 15.9 Å². The van der Waals surface area contributed by atoms with Gasteiger partial charge in [-0.05, 0) is 25.1 Å². The fraction of sp³-hybridized carbons (Fsp3) is 0.150. The van der Waals surface area contributed by atoms with Gasteiger partial charge in [-0.1, -0.05) is 23.8 Å². The van der Waals surface area contributed by atoms with Crippen LogP contribution in [0.15, 0.2) is 65.8 Å². The second-order valence-corrected chi connectivity index (χ2v) is 8.54. The van der Waals surface area contributed by atoms with E-state index in [1.165, 1.54) is 42.6 Å². The van der Waals surface area contributed by atoms with E-state index in [0.717, 1.165) is 15.7 Å². The van der Waals surface area contributed by atoms with Crippen molar-refractivity contribution in [2.24, 2.45) is 0 Å². The van der Waals surface area contributed by atoms with Crippen molar-refractivity contribution in [2.75, 3.05) is 14.1 Å². The van der Waals surface area contributed by atoms with Crippen LogP contribution in [0.25, 0.3) is 10.9 Å². The summed E-state index contributed by atoms with van der Waals surface area (Å²) < 4.78 is 27.3. The number of allylic oxidation sites excluding steroid dienone is 1. The van der Waals surface area contributed by atoms with Gasteiger partial charge in [0.05, 0.1) is 26.3 Å². The molecule has 29 heavy (non-hydrogen) atoms. The first-order chi connectivity index (χ1) is 13.6. The van der Waals surface area contributed by atoms with Gasteiger partial charge < -0.3 is 4.90 Å². The van der Waals surface area contributed by atoms with Crippen LogP contribution < -0.4 is 0 Å². The van der Waals surface area contributed by atoms with Crippen molar-refractivity contribution in [3.8, 4) is 0 Å². The van der Waals surface area contributed by atoms with E-state index in [4.69, 9.17) is 0 Å². The zero-order chi connectivity index (χ0) is 21.3. The van der Waals surface area contributed by atoms with E-state index in [1.54, 1.807) is 31.1 Å². The highest BCUT2D eigenvalue weighted by Crippen LogP contribution is 2.33. The third-order valence-electron chi connectivity index (χ3n) is 4.34. The molecular formula is C20H19N3O5S. The van der Waals surface area contributed by atoms with Gasteiger partial charge in [0, 0.05) is 38.6 Å². The van der Waals surface area contributed by atoms with Gasteiger partial charge in [-0.25, -0.2) is 12.4 Å². The highest BCUT2D eigenvalue weighted by molar-refractivity contribution is 7.90. The van der Waals surface area contributed by atoms with E-state index < -0.39 is 20.7 Å². The van der Waals surface area contributed by atoms with Crippen LogP contribution in [0, 0.1) is 17.0 Å². The number of carbonyl (C=O) groups is 1. The number of fused-ring (bicyclic) bond motifs is 1. The molecule has 0 fully saturated rings.